The normalized spacial score (nSPS) is 35.4. The first-order valence-electron chi connectivity index (χ1n) is 6.89. The first-order chi connectivity index (χ1) is 9.67. The molecule has 1 aliphatic heterocycles. The molecule has 0 saturated carbocycles. The highest BCUT2D eigenvalue weighted by Crippen LogP contribution is 2.06. The Hall–Kier alpha value is -0.320. The second kappa shape index (κ2) is 10.4. The van der Waals surface area contributed by atoms with Crippen molar-refractivity contribution in [3.63, 3.8) is 0 Å². The van der Waals surface area contributed by atoms with Crippen LogP contribution in [-0.4, -0.2) is 97.4 Å². The number of β-amino-alcohol motifs (C(OH)–C–C–N with tert-alkyl or cyclic N) is 2. The quantitative estimate of drug-likeness (QED) is 0.312. The Kier molecular flexibility index (Phi) is 9.23. The zero-order valence-corrected chi connectivity index (χ0v) is 11.6. The third-order valence-electron chi connectivity index (χ3n) is 3.02. The molecule has 0 radical (unpaired) electrons. The summed E-state index contributed by atoms with van der Waals surface area (Å²) >= 11 is 0. The molecule has 0 bridgehead atoms. The summed E-state index contributed by atoms with van der Waals surface area (Å²) in [4.78, 5) is 0. The number of rotatable bonds is 2. The Morgan fingerprint density at radius 2 is 1.20 bits per heavy atom. The van der Waals surface area contributed by atoms with Gasteiger partial charge in [-0.25, -0.2) is 0 Å². The van der Waals surface area contributed by atoms with Gasteiger partial charge in [0.05, 0.1) is 38.6 Å². The van der Waals surface area contributed by atoms with Gasteiger partial charge in [0.25, 0.3) is 0 Å². The number of hydrogen-bond acceptors (Lipinski definition) is 8. The smallest absolute Gasteiger partial charge is 0.109 e. The van der Waals surface area contributed by atoms with Gasteiger partial charge in [-0.2, -0.15) is 0 Å². The molecule has 1 fully saturated rings. The van der Waals surface area contributed by atoms with Gasteiger partial charge in [-0.1, -0.05) is 0 Å². The van der Waals surface area contributed by atoms with Crippen molar-refractivity contribution < 1.29 is 29.9 Å². The summed E-state index contributed by atoms with van der Waals surface area (Å²) < 4.78 is 10.7. The van der Waals surface area contributed by atoms with Gasteiger partial charge in [-0.3, -0.25) is 0 Å². The van der Waals surface area contributed by atoms with Crippen molar-refractivity contribution in [1.29, 1.82) is 0 Å². The highest BCUT2D eigenvalue weighted by molar-refractivity contribution is 4.73. The van der Waals surface area contributed by atoms with Gasteiger partial charge in [-0.15, -0.1) is 0 Å². The van der Waals surface area contributed by atoms with Crippen LogP contribution in [0, 0.1) is 0 Å². The van der Waals surface area contributed by atoms with Crippen LogP contribution in [0.5, 0.6) is 0 Å². The second-order valence-corrected chi connectivity index (χ2v) is 4.82. The van der Waals surface area contributed by atoms with Crippen LogP contribution in [0.1, 0.15) is 0 Å². The lowest BCUT2D eigenvalue weighted by atomic mass is 10.2. The summed E-state index contributed by atoms with van der Waals surface area (Å²) in [6.45, 7) is 1.46. The zero-order valence-electron chi connectivity index (χ0n) is 11.6. The molecule has 0 amide bonds. The van der Waals surface area contributed by atoms with E-state index in [1.807, 2.05) is 0 Å². The van der Waals surface area contributed by atoms with Crippen molar-refractivity contribution in [1.82, 2.24) is 10.6 Å². The van der Waals surface area contributed by atoms with Gasteiger partial charge in [0, 0.05) is 26.2 Å². The summed E-state index contributed by atoms with van der Waals surface area (Å²) in [5.41, 5.74) is 0. The lowest BCUT2D eigenvalue weighted by Crippen LogP contribution is -2.44. The summed E-state index contributed by atoms with van der Waals surface area (Å²) in [6.07, 6.45) is -2.87. The van der Waals surface area contributed by atoms with Crippen LogP contribution in [0.15, 0.2) is 0 Å². The molecule has 1 aliphatic rings. The molecule has 0 aliphatic carbocycles. The Morgan fingerprint density at radius 3 is 1.55 bits per heavy atom. The van der Waals surface area contributed by atoms with E-state index >= 15 is 0 Å². The minimum absolute atomic E-state index is 0.0358. The number of aliphatic hydroxyl groups is 4. The van der Waals surface area contributed by atoms with E-state index in [0.29, 0.717) is 26.2 Å². The van der Waals surface area contributed by atoms with E-state index < -0.39 is 24.4 Å². The van der Waals surface area contributed by atoms with Crippen molar-refractivity contribution in [2.24, 2.45) is 0 Å². The van der Waals surface area contributed by atoms with E-state index in [9.17, 15) is 20.4 Å². The molecule has 0 aromatic heterocycles. The molecule has 2 unspecified atom stereocenters. The molecular formula is C12H26N2O6. The summed E-state index contributed by atoms with van der Waals surface area (Å²) in [7, 11) is 0. The maximum absolute atomic E-state index is 9.70. The van der Waals surface area contributed by atoms with Crippen molar-refractivity contribution in [2.75, 3.05) is 52.6 Å². The molecule has 4 atom stereocenters. The molecule has 1 heterocycles. The van der Waals surface area contributed by atoms with Gasteiger partial charge in [0.2, 0.25) is 0 Å². The molecule has 0 aromatic carbocycles. The van der Waals surface area contributed by atoms with E-state index in [1.54, 1.807) is 0 Å². The largest absolute Gasteiger partial charge is 0.394 e. The van der Waals surface area contributed by atoms with Crippen LogP contribution in [0.2, 0.25) is 0 Å². The van der Waals surface area contributed by atoms with E-state index in [-0.39, 0.29) is 26.4 Å². The van der Waals surface area contributed by atoms with E-state index in [4.69, 9.17) is 9.47 Å². The topological polar surface area (TPSA) is 123 Å². The Morgan fingerprint density at radius 1 is 0.800 bits per heavy atom. The van der Waals surface area contributed by atoms with Crippen molar-refractivity contribution in [3.05, 3.63) is 0 Å². The summed E-state index contributed by atoms with van der Waals surface area (Å²) in [6, 6.07) is 0. The molecule has 20 heavy (non-hydrogen) atoms. The Labute approximate surface area is 118 Å². The zero-order chi connectivity index (χ0) is 14.8. The number of ether oxygens (including phenoxy) is 2. The van der Waals surface area contributed by atoms with E-state index in [1.165, 1.54) is 0 Å². The molecule has 8 heteroatoms. The monoisotopic (exact) mass is 294 g/mol. The lowest BCUT2D eigenvalue weighted by molar-refractivity contribution is -0.132. The molecule has 6 N–H and O–H groups in total. The van der Waals surface area contributed by atoms with E-state index in [0.717, 1.165) is 0 Å². The van der Waals surface area contributed by atoms with Crippen molar-refractivity contribution >= 4 is 0 Å². The highest BCUT2D eigenvalue weighted by atomic mass is 16.6. The third kappa shape index (κ3) is 6.91. The van der Waals surface area contributed by atoms with Gasteiger partial charge < -0.3 is 40.5 Å². The van der Waals surface area contributed by atoms with Crippen LogP contribution >= 0.6 is 0 Å². The molecular weight excluding hydrogens is 268 g/mol. The predicted octanol–water partition coefficient (Wildman–Crippen LogP) is -3.34. The second-order valence-electron chi connectivity index (χ2n) is 4.82. The van der Waals surface area contributed by atoms with E-state index in [2.05, 4.69) is 10.6 Å². The van der Waals surface area contributed by atoms with Gasteiger partial charge in [0.15, 0.2) is 0 Å². The first-order valence-corrected chi connectivity index (χ1v) is 6.89. The fourth-order valence-electron chi connectivity index (χ4n) is 1.86. The molecule has 120 valence electrons. The lowest BCUT2D eigenvalue weighted by Gasteiger charge is -2.27. The fraction of sp³-hybridized carbons (Fsp3) is 1.00. The number of aliphatic hydroxyl groups excluding tert-OH is 4. The van der Waals surface area contributed by atoms with Gasteiger partial charge >= 0.3 is 0 Å². The van der Waals surface area contributed by atoms with Gasteiger partial charge in [-0.05, 0) is 0 Å². The number of hydrogen-bond donors (Lipinski definition) is 6. The number of nitrogens with one attached hydrogen (secondary N) is 2. The maximum atomic E-state index is 9.70. The third-order valence-corrected chi connectivity index (χ3v) is 3.02. The molecule has 8 nitrogen and oxygen atoms in total. The molecule has 0 spiro atoms. The standard InChI is InChI=1S/C12H26N2O6/c15-5-11-12(6-16)20-8-10(18)4-14-2-1-13-3-9(17)7-19-11/h9-18H,1-8H2/t9?,10?,11-,12-/m0/s1. The SMILES string of the molecule is OC[C@@H]1OCC(O)CNCCNCC(O)CO[C@H]1CO. The Balaban J connectivity index is 2.54. The van der Waals surface area contributed by atoms with Crippen LogP contribution in [-0.2, 0) is 9.47 Å². The van der Waals surface area contributed by atoms with Crippen LogP contribution in [0.3, 0.4) is 0 Å². The average molecular weight is 294 g/mol. The molecule has 1 rings (SSSR count). The average Bonchev–Trinajstić information content (AvgIpc) is 2.45. The van der Waals surface area contributed by atoms with Crippen molar-refractivity contribution in [3.8, 4) is 0 Å². The van der Waals surface area contributed by atoms with Crippen molar-refractivity contribution in [2.45, 2.75) is 24.4 Å². The maximum Gasteiger partial charge on any atom is 0.109 e. The summed E-state index contributed by atoms with van der Waals surface area (Å²) in [5, 5.41) is 44.0. The van der Waals surface area contributed by atoms with Crippen LogP contribution in [0.25, 0.3) is 0 Å². The van der Waals surface area contributed by atoms with Crippen LogP contribution < -0.4 is 10.6 Å². The molecule has 0 aromatic rings. The minimum atomic E-state index is -0.738. The van der Waals surface area contributed by atoms with Crippen LogP contribution in [0.4, 0.5) is 0 Å². The minimum Gasteiger partial charge on any atom is -0.394 e. The fourth-order valence-corrected chi connectivity index (χ4v) is 1.86. The molecule has 1 saturated heterocycles. The summed E-state index contributed by atoms with van der Waals surface area (Å²) in [5.74, 6) is 0. The highest BCUT2D eigenvalue weighted by Gasteiger charge is 2.24. The van der Waals surface area contributed by atoms with Gasteiger partial charge in [0.1, 0.15) is 12.2 Å². The Bertz CT molecular complexity index is 222. The first kappa shape index (κ1) is 17.7. The predicted molar refractivity (Wildman–Crippen MR) is 71.4 cm³/mol.